The summed E-state index contributed by atoms with van der Waals surface area (Å²) >= 11 is 0. The molecule has 0 radical (unpaired) electrons. The van der Waals surface area contributed by atoms with Gasteiger partial charge in [-0.2, -0.15) is 0 Å². The summed E-state index contributed by atoms with van der Waals surface area (Å²) in [5, 5.41) is 10.6. The molecule has 216 valence electrons. The fourth-order valence-electron chi connectivity index (χ4n) is 6.32. The summed E-state index contributed by atoms with van der Waals surface area (Å²) in [6.07, 6.45) is 4.67. The average molecular weight is 556 g/mol. The maximum absolute atomic E-state index is 10.6. The number of hydrogen-bond donors (Lipinski definition) is 1. The lowest BCUT2D eigenvalue weighted by Crippen LogP contribution is -2.40. The summed E-state index contributed by atoms with van der Waals surface area (Å²) in [5.41, 5.74) is 2.20. The van der Waals surface area contributed by atoms with Crippen molar-refractivity contribution in [3.8, 4) is 45.6 Å². The van der Waals surface area contributed by atoms with Gasteiger partial charge < -0.3 is 43.0 Å². The van der Waals surface area contributed by atoms with E-state index in [1.165, 1.54) is 14.2 Å². The summed E-state index contributed by atoms with van der Waals surface area (Å²) in [6.45, 7) is 5.18. The fraction of sp³-hybridized carbons (Fsp3) is 0.567. The van der Waals surface area contributed by atoms with Crippen LogP contribution < -0.4 is 23.7 Å². The number of nitrogens with zero attached hydrogens (tertiary/aromatic N) is 1. The highest BCUT2D eigenvalue weighted by molar-refractivity contribution is 5.83. The normalized spacial score (nSPS) is 30.5. The third kappa shape index (κ3) is 4.47. The molecule has 40 heavy (non-hydrogen) atoms. The van der Waals surface area contributed by atoms with Gasteiger partial charge in [0.2, 0.25) is 18.3 Å². The molecular weight excluding hydrogens is 518 g/mol. The van der Waals surface area contributed by atoms with Crippen LogP contribution in [0.4, 0.5) is 0 Å². The number of aromatic hydroxyl groups is 1. The maximum atomic E-state index is 10.6. The van der Waals surface area contributed by atoms with E-state index in [4.69, 9.17) is 37.9 Å². The lowest BCUT2D eigenvalue weighted by atomic mass is 9.83. The van der Waals surface area contributed by atoms with Gasteiger partial charge in [0, 0.05) is 11.5 Å². The van der Waals surface area contributed by atoms with E-state index in [9.17, 15) is 5.11 Å². The van der Waals surface area contributed by atoms with E-state index in [0.29, 0.717) is 17.2 Å². The van der Waals surface area contributed by atoms with Crippen LogP contribution in [0.5, 0.6) is 34.5 Å². The summed E-state index contributed by atoms with van der Waals surface area (Å²) in [7, 11) is 4.60. The van der Waals surface area contributed by atoms with Gasteiger partial charge >= 0.3 is 0 Å². The summed E-state index contributed by atoms with van der Waals surface area (Å²) in [6, 6.07) is 5.47. The quantitative estimate of drug-likeness (QED) is 0.491. The van der Waals surface area contributed by atoms with Crippen molar-refractivity contribution in [1.29, 1.82) is 0 Å². The molecule has 0 unspecified atom stereocenters. The topological polar surface area (TPSA) is 106 Å². The van der Waals surface area contributed by atoms with Gasteiger partial charge in [-0.3, -0.25) is 4.99 Å². The Morgan fingerprint density at radius 3 is 2.30 bits per heavy atom. The van der Waals surface area contributed by atoms with Crippen LogP contribution in [-0.4, -0.2) is 64.2 Å². The number of phenolic OH excluding ortho intramolecular Hbond substituents is 1. The zero-order valence-corrected chi connectivity index (χ0v) is 23.6. The molecule has 0 aromatic heterocycles. The Morgan fingerprint density at radius 2 is 1.68 bits per heavy atom. The Kier molecular flexibility index (Phi) is 7.08. The molecule has 10 heteroatoms. The lowest BCUT2D eigenvalue weighted by Gasteiger charge is -2.36. The molecule has 1 aliphatic carbocycles. The summed E-state index contributed by atoms with van der Waals surface area (Å²) in [5.74, 6) is 2.38. The fourth-order valence-corrected chi connectivity index (χ4v) is 6.32. The standard InChI is InChI=1S/C30H37NO9/c1-16-17(2)29(39-19-6-8-30(9-7-19)13-31-14-38-30)40-26(16)20-12-23-27(37-15-36-23)28(35-5)24(20)18-10-21(33-3)25(32)22(11-18)34-4/h10-12,14,16-17,19,26,29,32H,6-9,13,15H2,1-5H3/t16-,17-,19?,26-,29+,30?/m1/s1. The molecule has 0 amide bonds. The van der Waals surface area contributed by atoms with Crippen LogP contribution in [0.25, 0.3) is 11.1 Å². The third-order valence-electron chi connectivity index (χ3n) is 8.87. The molecule has 1 saturated carbocycles. The second-order valence-corrected chi connectivity index (χ2v) is 11.1. The van der Waals surface area contributed by atoms with Crippen molar-refractivity contribution in [2.45, 2.75) is 63.6 Å². The van der Waals surface area contributed by atoms with Crippen molar-refractivity contribution in [1.82, 2.24) is 0 Å². The maximum Gasteiger partial charge on any atom is 0.231 e. The first-order valence-corrected chi connectivity index (χ1v) is 13.8. The number of phenols is 1. The van der Waals surface area contributed by atoms with Crippen molar-refractivity contribution in [2.24, 2.45) is 16.8 Å². The molecule has 2 aromatic rings. The monoisotopic (exact) mass is 555 g/mol. The zero-order chi connectivity index (χ0) is 28.0. The Hall–Kier alpha value is -3.37. The molecular formula is C30H37NO9. The van der Waals surface area contributed by atoms with Crippen molar-refractivity contribution in [3.63, 3.8) is 0 Å². The molecule has 4 atom stereocenters. The molecule has 4 aliphatic rings. The first kappa shape index (κ1) is 26.8. The number of aliphatic imine (C=N–C) groups is 1. The second-order valence-electron chi connectivity index (χ2n) is 11.1. The number of hydrogen-bond acceptors (Lipinski definition) is 10. The van der Waals surface area contributed by atoms with E-state index >= 15 is 0 Å². The first-order valence-electron chi connectivity index (χ1n) is 13.8. The highest BCUT2D eigenvalue weighted by Crippen LogP contribution is 2.56. The van der Waals surface area contributed by atoms with Crippen molar-refractivity contribution in [3.05, 3.63) is 23.8 Å². The Balaban J connectivity index is 1.34. The summed E-state index contributed by atoms with van der Waals surface area (Å²) in [4.78, 5) is 4.28. The van der Waals surface area contributed by atoms with Crippen LogP contribution in [0.1, 0.15) is 51.2 Å². The molecule has 3 aliphatic heterocycles. The largest absolute Gasteiger partial charge is 0.502 e. The summed E-state index contributed by atoms with van der Waals surface area (Å²) < 4.78 is 47.6. The second kappa shape index (κ2) is 10.6. The van der Waals surface area contributed by atoms with E-state index in [2.05, 4.69) is 18.8 Å². The Bertz CT molecular complexity index is 1250. The predicted octanol–water partition coefficient (Wildman–Crippen LogP) is 5.24. The number of benzene rings is 2. The van der Waals surface area contributed by atoms with E-state index in [1.54, 1.807) is 25.6 Å². The molecule has 0 bridgehead atoms. The highest BCUT2D eigenvalue weighted by Gasteiger charge is 2.46. The molecule has 1 saturated heterocycles. The molecule has 1 N–H and O–H groups in total. The highest BCUT2D eigenvalue weighted by atomic mass is 16.7. The van der Waals surface area contributed by atoms with E-state index in [1.807, 2.05) is 6.07 Å². The minimum absolute atomic E-state index is 0.0774. The van der Waals surface area contributed by atoms with Crippen LogP contribution in [-0.2, 0) is 14.2 Å². The van der Waals surface area contributed by atoms with Gasteiger partial charge in [0.15, 0.2) is 35.7 Å². The van der Waals surface area contributed by atoms with Gasteiger partial charge in [-0.1, -0.05) is 13.8 Å². The molecule has 3 heterocycles. The minimum Gasteiger partial charge on any atom is -0.502 e. The SMILES string of the molecule is COc1cc(-c2c([C@@H]3O[C@H](OC4CCC5(CC4)CN=CO5)[C@H](C)[C@H]3C)cc3c(c2OC)OCO3)cc(OC)c1O. The Labute approximate surface area is 234 Å². The van der Waals surface area contributed by atoms with E-state index in [0.717, 1.165) is 48.9 Å². The molecule has 6 rings (SSSR count). The minimum atomic E-state index is -0.368. The van der Waals surface area contributed by atoms with Gasteiger partial charge in [0.1, 0.15) is 5.60 Å². The number of ether oxygens (including phenoxy) is 8. The molecule has 2 fully saturated rings. The van der Waals surface area contributed by atoms with Crippen LogP contribution in [0.15, 0.2) is 23.2 Å². The van der Waals surface area contributed by atoms with E-state index in [-0.39, 0.29) is 60.0 Å². The van der Waals surface area contributed by atoms with Gasteiger partial charge in [0.05, 0.1) is 40.1 Å². The Morgan fingerprint density at radius 1 is 0.950 bits per heavy atom. The van der Waals surface area contributed by atoms with Gasteiger partial charge in [0.25, 0.3) is 0 Å². The number of rotatable bonds is 7. The molecule has 2 aromatic carbocycles. The molecule has 10 nitrogen and oxygen atoms in total. The smallest absolute Gasteiger partial charge is 0.231 e. The zero-order valence-electron chi connectivity index (χ0n) is 23.6. The lowest BCUT2D eigenvalue weighted by molar-refractivity contribution is -0.188. The van der Waals surface area contributed by atoms with Crippen molar-refractivity contribution < 1.29 is 43.0 Å². The van der Waals surface area contributed by atoms with Crippen molar-refractivity contribution >= 4 is 6.40 Å². The van der Waals surface area contributed by atoms with Gasteiger partial charge in [-0.05, 0) is 60.9 Å². The van der Waals surface area contributed by atoms with Gasteiger partial charge in [-0.25, -0.2) is 0 Å². The third-order valence-corrected chi connectivity index (χ3v) is 8.87. The van der Waals surface area contributed by atoms with Crippen LogP contribution in [0.3, 0.4) is 0 Å². The van der Waals surface area contributed by atoms with Crippen LogP contribution in [0, 0.1) is 11.8 Å². The predicted molar refractivity (Wildman–Crippen MR) is 146 cm³/mol. The van der Waals surface area contributed by atoms with Gasteiger partial charge in [-0.15, -0.1) is 0 Å². The van der Waals surface area contributed by atoms with Crippen LogP contribution in [0.2, 0.25) is 0 Å². The number of fused-ring (bicyclic) bond motifs is 1. The van der Waals surface area contributed by atoms with E-state index < -0.39 is 0 Å². The average Bonchev–Trinajstić information content (AvgIpc) is 3.70. The molecule has 1 spiro atoms. The first-order chi connectivity index (χ1) is 19.4. The van der Waals surface area contributed by atoms with Crippen LogP contribution >= 0.6 is 0 Å². The van der Waals surface area contributed by atoms with Crippen molar-refractivity contribution in [2.75, 3.05) is 34.7 Å². The number of methoxy groups -OCH3 is 3.